The molecule has 0 aromatic carbocycles. The number of carbonyl (C=O) groups excluding carboxylic acids is 2. The van der Waals surface area contributed by atoms with E-state index in [4.69, 9.17) is 0 Å². The van der Waals surface area contributed by atoms with Crippen LogP contribution in [0.1, 0.15) is 41.0 Å². The van der Waals surface area contributed by atoms with Crippen molar-refractivity contribution < 1.29 is 9.59 Å². The van der Waals surface area contributed by atoms with E-state index in [0.717, 1.165) is 6.42 Å². The number of fused-ring (bicyclic) bond motifs is 1. The molecule has 0 aromatic heterocycles. The third-order valence-electron chi connectivity index (χ3n) is 4.99. The Hall–Kier alpha value is -1.63. The van der Waals surface area contributed by atoms with Crippen molar-refractivity contribution in [1.29, 1.82) is 5.26 Å². The minimum Gasteiger partial charge on any atom is -0.340 e. The molecule has 0 spiro atoms. The molecule has 2 atom stereocenters. The van der Waals surface area contributed by atoms with Crippen LogP contribution in [0.15, 0.2) is 11.6 Å². The fourth-order valence-corrected chi connectivity index (χ4v) is 3.85. The zero-order chi connectivity index (χ0) is 15.3. The van der Waals surface area contributed by atoms with Crippen molar-refractivity contribution in [2.24, 2.45) is 16.7 Å². The monoisotopic (exact) mass is 274 g/mol. The van der Waals surface area contributed by atoms with Crippen LogP contribution in [0.5, 0.6) is 0 Å². The van der Waals surface area contributed by atoms with E-state index in [0.29, 0.717) is 6.54 Å². The van der Waals surface area contributed by atoms with Gasteiger partial charge in [0.1, 0.15) is 6.07 Å². The molecule has 0 saturated carbocycles. The molecule has 1 fully saturated rings. The summed E-state index contributed by atoms with van der Waals surface area (Å²) in [6.07, 6.45) is 2.41. The molecule has 0 radical (unpaired) electrons. The van der Waals surface area contributed by atoms with Crippen LogP contribution in [-0.2, 0) is 9.59 Å². The van der Waals surface area contributed by atoms with Gasteiger partial charge in [0.25, 0.3) is 0 Å². The third kappa shape index (κ3) is 1.80. The van der Waals surface area contributed by atoms with Gasteiger partial charge in [-0.05, 0) is 39.2 Å². The molecular weight excluding hydrogens is 252 g/mol. The zero-order valence-electron chi connectivity index (χ0n) is 12.9. The van der Waals surface area contributed by atoms with Crippen LogP contribution in [0.4, 0.5) is 0 Å². The molecule has 0 unspecified atom stereocenters. The van der Waals surface area contributed by atoms with Crippen molar-refractivity contribution in [2.75, 3.05) is 6.54 Å². The Morgan fingerprint density at radius 2 is 1.95 bits per heavy atom. The highest BCUT2D eigenvalue weighted by molar-refractivity contribution is 6.06. The first-order chi connectivity index (χ1) is 9.16. The summed E-state index contributed by atoms with van der Waals surface area (Å²) in [5, 5.41) is 9.20. The van der Waals surface area contributed by atoms with Crippen LogP contribution in [-0.4, -0.2) is 29.2 Å². The highest BCUT2D eigenvalue weighted by Gasteiger charge is 2.57. The molecule has 1 aliphatic carbocycles. The number of nitrogens with zero attached hydrogens (tertiary/aromatic N) is 2. The third-order valence-corrected chi connectivity index (χ3v) is 4.99. The smallest absolute Gasteiger partial charge is 0.232 e. The van der Waals surface area contributed by atoms with Gasteiger partial charge in [-0.2, -0.15) is 5.26 Å². The Bertz CT molecular complexity index is 539. The van der Waals surface area contributed by atoms with Gasteiger partial charge in [0.05, 0.1) is 11.0 Å². The standard InChI is InChI=1S/C16H22N2O2/c1-10(2)18-7-6-12-15(3,4)13(19)11(9-17)8-16(12,5)14(18)20/h8,10,12H,6-7H2,1-5H3/t12-,16-/m0/s1. The second kappa shape index (κ2) is 4.44. The lowest BCUT2D eigenvalue weighted by Crippen LogP contribution is -2.60. The number of carbonyl (C=O) groups is 2. The number of allylic oxidation sites excluding steroid dienone is 1. The fourth-order valence-electron chi connectivity index (χ4n) is 3.85. The average molecular weight is 274 g/mol. The molecule has 20 heavy (non-hydrogen) atoms. The van der Waals surface area contributed by atoms with E-state index in [9.17, 15) is 14.9 Å². The van der Waals surface area contributed by atoms with Crippen molar-refractivity contribution >= 4 is 11.7 Å². The van der Waals surface area contributed by atoms with E-state index < -0.39 is 10.8 Å². The first-order valence-electron chi connectivity index (χ1n) is 7.15. The SMILES string of the molecule is CC(C)N1CC[C@H]2C(C)(C)C(=O)C(C#N)=C[C@]2(C)C1=O. The predicted molar refractivity (Wildman–Crippen MR) is 75.5 cm³/mol. The molecule has 0 N–H and O–H groups in total. The molecule has 2 rings (SSSR count). The molecule has 108 valence electrons. The van der Waals surface area contributed by atoms with Crippen molar-refractivity contribution in [3.8, 4) is 6.07 Å². The van der Waals surface area contributed by atoms with E-state index in [1.165, 1.54) is 0 Å². The lowest BCUT2D eigenvalue weighted by atomic mass is 9.54. The van der Waals surface area contributed by atoms with E-state index in [-0.39, 0.29) is 29.2 Å². The van der Waals surface area contributed by atoms with Crippen LogP contribution < -0.4 is 0 Å². The molecule has 0 bridgehead atoms. The zero-order valence-corrected chi connectivity index (χ0v) is 12.9. The Morgan fingerprint density at radius 1 is 1.35 bits per heavy atom. The minimum absolute atomic E-state index is 0.0390. The van der Waals surface area contributed by atoms with Crippen molar-refractivity contribution in [2.45, 2.75) is 47.1 Å². The summed E-state index contributed by atoms with van der Waals surface area (Å²) < 4.78 is 0. The molecule has 0 aromatic rings. The van der Waals surface area contributed by atoms with Crippen LogP contribution >= 0.6 is 0 Å². The highest BCUT2D eigenvalue weighted by atomic mass is 16.2. The second-order valence-corrected chi connectivity index (χ2v) is 6.94. The highest BCUT2D eigenvalue weighted by Crippen LogP contribution is 2.52. The Morgan fingerprint density at radius 3 is 2.45 bits per heavy atom. The molecule has 4 nitrogen and oxygen atoms in total. The second-order valence-electron chi connectivity index (χ2n) is 6.94. The number of Topliss-reactive ketones (excluding diaryl/α,β-unsaturated/α-hetero) is 1. The van der Waals surface area contributed by atoms with Gasteiger partial charge >= 0.3 is 0 Å². The van der Waals surface area contributed by atoms with E-state index in [1.807, 2.05) is 45.6 Å². The number of hydrogen-bond donors (Lipinski definition) is 0. The number of nitriles is 1. The Labute approximate surface area is 120 Å². The maximum Gasteiger partial charge on any atom is 0.232 e. The summed E-state index contributed by atoms with van der Waals surface area (Å²) >= 11 is 0. The average Bonchev–Trinajstić information content (AvgIpc) is 2.36. The Balaban J connectivity index is 2.57. The van der Waals surface area contributed by atoms with Gasteiger partial charge in [-0.15, -0.1) is 0 Å². The molecular formula is C16H22N2O2. The maximum atomic E-state index is 12.8. The van der Waals surface area contributed by atoms with E-state index in [1.54, 1.807) is 6.08 Å². The summed E-state index contributed by atoms with van der Waals surface area (Å²) in [6, 6.07) is 2.11. The predicted octanol–water partition coefficient (Wildman–Crippen LogP) is 2.31. The molecule has 1 amide bonds. The van der Waals surface area contributed by atoms with Gasteiger partial charge in [0.2, 0.25) is 5.91 Å². The molecule has 1 aliphatic heterocycles. The van der Waals surface area contributed by atoms with Crippen LogP contribution in [0, 0.1) is 28.1 Å². The summed E-state index contributed by atoms with van der Waals surface area (Å²) in [5.41, 5.74) is -1.27. The summed E-state index contributed by atoms with van der Waals surface area (Å²) in [5.74, 6) is -0.132. The first kappa shape index (κ1) is 14.8. The lowest BCUT2D eigenvalue weighted by molar-refractivity contribution is -0.156. The number of amides is 1. The van der Waals surface area contributed by atoms with Gasteiger partial charge in [-0.3, -0.25) is 9.59 Å². The number of piperidine rings is 1. The lowest BCUT2D eigenvalue weighted by Gasteiger charge is -2.52. The van der Waals surface area contributed by atoms with Crippen molar-refractivity contribution in [1.82, 2.24) is 4.90 Å². The van der Waals surface area contributed by atoms with Gasteiger partial charge < -0.3 is 4.90 Å². The molecule has 4 heteroatoms. The van der Waals surface area contributed by atoms with Gasteiger partial charge in [-0.1, -0.05) is 13.8 Å². The number of ketones is 1. The van der Waals surface area contributed by atoms with Gasteiger partial charge in [-0.25, -0.2) is 0 Å². The van der Waals surface area contributed by atoms with Gasteiger partial charge in [0, 0.05) is 18.0 Å². The number of rotatable bonds is 1. The normalized spacial score (nSPS) is 32.8. The maximum absolute atomic E-state index is 12.8. The number of likely N-dealkylation sites (tertiary alicyclic amines) is 1. The van der Waals surface area contributed by atoms with Gasteiger partial charge in [0.15, 0.2) is 5.78 Å². The largest absolute Gasteiger partial charge is 0.340 e. The summed E-state index contributed by atoms with van der Waals surface area (Å²) in [4.78, 5) is 27.1. The topological polar surface area (TPSA) is 61.2 Å². The fraction of sp³-hybridized carbons (Fsp3) is 0.688. The molecule has 1 saturated heterocycles. The minimum atomic E-state index is -0.745. The molecule has 2 aliphatic rings. The van der Waals surface area contributed by atoms with E-state index in [2.05, 4.69) is 0 Å². The van der Waals surface area contributed by atoms with Crippen LogP contribution in [0.3, 0.4) is 0 Å². The van der Waals surface area contributed by atoms with E-state index >= 15 is 0 Å². The molecule has 1 heterocycles. The quantitative estimate of drug-likeness (QED) is 0.737. The Kier molecular flexibility index (Phi) is 3.28. The first-order valence-corrected chi connectivity index (χ1v) is 7.15. The van der Waals surface area contributed by atoms with Crippen LogP contribution in [0.2, 0.25) is 0 Å². The summed E-state index contributed by atoms with van der Waals surface area (Å²) in [6.45, 7) is 10.3. The summed E-state index contributed by atoms with van der Waals surface area (Å²) in [7, 11) is 0. The number of hydrogen-bond acceptors (Lipinski definition) is 3. The van der Waals surface area contributed by atoms with Crippen molar-refractivity contribution in [3.05, 3.63) is 11.6 Å². The van der Waals surface area contributed by atoms with Crippen molar-refractivity contribution in [3.63, 3.8) is 0 Å². The van der Waals surface area contributed by atoms with Crippen LogP contribution in [0.25, 0.3) is 0 Å².